The fourth-order valence-electron chi connectivity index (χ4n) is 1.35. The van der Waals surface area contributed by atoms with Crippen LogP contribution in [0.3, 0.4) is 0 Å². The van der Waals surface area contributed by atoms with Crippen LogP contribution in [-0.4, -0.2) is 41.6 Å². The first-order valence-electron chi connectivity index (χ1n) is 4.40. The molecule has 7 heteroatoms. The molecule has 1 saturated heterocycles. The average molecular weight is 203 g/mol. The Labute approximate surface area is 80.9 Å². The summed E-state index contributed by atoms with van der Waals surface area (Å²) < 4.78 is 0. The minimum Gasteiger partial charge on any atom is -0.341 e. The molecule has 0 bridgehead atoms. The lowest BCUT2D eigenvalue weighted by Gasteiger charge is -2.29. The minimum atomic E-state index is -0.965. The summed E-state index contributed by atoms with van der Waals surface area (Å²) in [5, 5.41) is 8.87. The van der Waals surface area contributed by atoms with Gasteiger partial charge in [0.15, 0.2) is 6.61 Å². The van der Waals surface area contributed by atoms with E-state index in [2.05, 4.69) is 4.84 Å². The van der Waals surface area contributed by atoms with Gasteiger partial charge in [-0.15, -0.1) is 10.1 Å². The third kappa shape index (κ3) is 3.17. The van der Waals surface area contributed by atoms with Crippen molar-refractivity contribution in [2.75, 3.05) is 19.7 Å². The second-order valence-electron chi connectivity index (χ2n) is 3.22. The van der Waals surface area contributed by atoms with Crippen molar-refractivity contribution >= 4 is 5.91 Å². The Morgan fingerprint density at radius 3 is 2.64 bits per heavy atom. The molecule has 1 rings (SSSR count). The number of hydrogen-bond acceptors (Lipinski definition) is 5. The van der Waals surface area contributed by atoms with Gasteiger partial charge in [0.25, 0.3) is 5.09 Å². The zero-order valence-electron chi connectivity index (χ0n) is 7.72. The minimum absolute atomic E-state index is 0.135. The SMILES string of the molecule is NC1CCN(C(=O)CO[N+](=O)[O-])CC1. The van der Waals surface area contributed by atoms with E-state index < -0.39 is 11.7 Å². The molecule has 0 aromatic rings. The Balaban J connectivity index is 2.27. The van der Waals surface area contributed by atoms with Gasteiger partial charge in [-0.25, -0.2) is 0 Å². The Morgan fingerprint density at radius 1 is 1.57 bits per heavy atom. The quantitative estimate of drug-likeness (QED) is 0.475. The van der Waals surface area contributed by atoms with Crippen LogP contribution in [0.15, 0.2) is 0 Å². The van der Waals surface area contributed by atoms with Crippen molar-refractivity contribution in [1.29, 1.82) is 0 Å². The van der Waals surface area contributed by atoms with Gasteiger partial charge in [0.2, 0.25) is 5.91 Å². The van der Waals surface area contributed by atoms with E-state index in [1.165, 1.54) is 4.90 Å². The predicted molar refractivity (Wildman–Crippen MR) is 46.7 cm³/mol. The lowest BCUT2D eigenvalue weighted by atomic mass is 10.1. The highest BCUT2D eigenvalue weighted by Gasteiger charge is 2.20. The summed E-state index contributed by atoms with van der Waals surface area (Å²) in [6.07, 6.45) is 1.48. The Bertz CT molecular complexity index is 225. The van der Waals surface area contributed by atoms with Crippen LogP contribution in [0.4, 0.5) is 0 Å². The van der Waals surface area contributed by atoms with Gasteiger partial charge in [-0.2, -0.15) is 0 Å². The van der Waals surface area contributed by atoms with Crippen LogP contribution in [0.25, 0.3) is 0 Å². The van der Waals surface area contributed by atoms with Crippen LogP contribution in [0.1, 0.15) is 12.8 Å². The molecule has 0 aliphatic carbocycles. The van der Waals surface area contributed by atoms with Gasteiger partial charge in [0.05, 0.1) is 0 Å². The van der Waals surface area contributed by atoms with Gasteiger partial charge in [0.1, 0.15) is 0 Å². The van der Waals surface area contributed by atoms with Crippen molar-refractivity contribution in [2.45, 2.75) is 18.9 Å². The van der Waals surface area contributed by atoms with Crippen LogP contribution in [0.5, 0.6) is 0 Å². The maximum atomic E-state index is 11.3. The molecule has 0 spiro atoms. The first-order valence-corrected chi connectivity index (χ1v) is 4.40. The second-order valence-corrected chi connectivity index (χ2v) is 3.22. The molecule has 0 radical (unpaired) electrons. The van der Waals surface area contributed by atoms with Crippen molar-refractivity contribution in [1.82, 2.24) is 4.90 Å². The molecule has 1 fully saturated rings. The standard InChI is InChI=1S/C7H13N3O4/c8-6-1-3-9(4-2-6)7(11)5-14-10(12)13/h6H,1-5,8H2. The molecule has 1 aliphatic rings. The fraction of sp³-hybridized carbons (Fsp3) is 0.857. The van der Waals surface area contributed by atoms with Gasteiger partial charge in [0, 0.05) is 19.1 Å². The van der Waals surface area contributed by atoms with E-state index >= 15 is 0 Å². The van der Waals surface area contributed by atoms with Crippen molar-refractivity contribution in [3.05, 3.63) is 10.1 Å². The summed E-state index contributed by atoms with van der Waals surface area (Å²) in [6.45, 7) is 0.615. The van der Waals surface area contributed by atoms with Crippen molar-refractivity contribution in [2.24, 2.45) is 5.73 Å². The van der Waals surface area contributed by atoms with Gasteiger partial charge in [-0.3, -0.25) is 4.79 Å². The van der Waals surface area contributed by atoms with Crippen molar-refractivity contribution in [3.63, 3.8) is 0 Å². The maximum absolute atomic E-state index is 11.3. The number of hydrogen-bond donors (Lipinski definition) is 1. The Kier molecular flexibility index (Phi) is 3.63. The normalized spacial score (nSPS) is 17.9. The van der Waals surface area contributed by atoms with Crippen LogP contribution in [-0.2, 0) is 9.63 Å². The smallest absolute Gasteiger partial charge is 0.295 e. The number of carbonyl (C=O) groups is 1. The van der Waals surface area contributed by atoms with E-state index in [1.54, 1.807) is 0 Å². The summed E-state index contributed by atoms with van der Waals surface area (Å²) in [7, 11) is 0. The van der Waals surface area contributed by atoms with Crippen molar-refractivity contribution in [3.8, 4) is 0 Å². The molecule has 1 aliphatic heterocycles. The van der Waals surface area contributed by atoms with Crippen LogP contribution < -0.4 is 5.73 Å². The third-order valence-electron chi connectivity index (χ3n) is 2.19. The highest BCUT2D eigenvalue weighted by atomic mass is 16.9. The highest BCUT2D eigenvalue weighted by Crippen LogP contribution is 2.08. The topological polar surface area (TPSA) is 98.7 Å². The molecule has 7 nitrogen and oxygen atoms in total. The Morgan fingerprint density at radius 2 is 2.14 bits per heavy atom. The number of carbonyl (C=O) groups excluding carboxylic acids is 1. The summed E-state index contributed by atoms with van der Waals surface area (Å²) in [6, 6.07) is 0.135. The lowest BCUT2D eigenvalue weighted by molar-refractivity contribution is -0.754. The van der Waals surface area contributed by atoms with E-state index in [-0.39, 0.29) is 11.9 Å². The zero-order chi connectivity index (χ0) is 10.6. The summed E-state index contributed by atoms with van der Waals surface area (Å²) >= 11 is 0. The molecule has 0 aromatic heterocycles. The molecule has 14 heavy (non-hydrogen) atoms. The van der Waals surface area contributed by atoms with E-state index in [0.717, 1.165) is 12.8 Å². The Hall–Kier alpha value is -1.37. The number of nitrogens with two attached hydrogens (primary N) is 1. The van der Waals surface area contributed by atoms with E-state index in [9.17, 15) is 14.9 Å². The van der Waals surface area contributed by atoms with Crippen molar-refractivity contribution < 1.29 is 14.7 Å². The van der Waals surface area contributed by atoms with Gasteiger partial charge in [-0.1, -0.05) is 0 Å². The third-order valence-corrected chi connectivity index (χ3v) is 2.19. The second kappa shape index (κ2) is 4.75. The largest absolute Gasteiger partial charge is 0.341 e. The van der Waals surface area contributed by atoms with Gasteiger partial charge in [-0.05, 0) is 12.8 Å². The zero-order valence-corrected chi connectivity index (χ0v) is 7.72. The monoisotopic (exact) mass is 203 g/mol. The number of amides is 1. The molecule has 0 saturated carbocycles. The summed E-state index contributed by atoms with van der Waals surface area (Å²) in [5.41, 5.74) is 5.64. The van der Waals surface area contributed by atoms with Gasteiger partial charge >= 0.3 is 0 Å². The highest BCUT2D eigenvalue weighted by molar-refractivity contribution is 5.77. The van der Waals surface area contributed by atoms with E-state index in [4.69, 9.17) is 5.73 Å². The number of nitrogens with zero attached hydrogens (tertiary/aromatic N) is 2. The molecule has 0 aromatic carbocycles. The fourth-order valence-corrected chi connectivity index (χ4v) is 1.35. The molecule has 0 unspecified atom stereocenters. The number of piperidine rings is 1. The maximum Gasteiger partial charge on any atom is 0.295 e. The van der Waals surface area contributed by atoms with Crippen LogP contribution in [0.2, 0.25) is 0 Å². The number of likely N-dealkylation sites (tertiary alicyclic amines) is 1. The van der Waals surface area contributed by atoms with E-state index in [0.29, 0.717) is 13.1 Å². The van der Waals surface area contributed by atoms with E-state index in [1.807, 2.05) is 0 Å². The molecule has 1 heterocycles. The first kappa shape index (κ1) is 10.7. The van der Waals surface area contributed by atoms with Gasteiger partial charge < -0.3 is 15.5 Å². The molecule has 1 amide bonds. The van der Waals surface area contributed by atoms with Crippen LogP contribution >= 0.6 is 0 Å². The average Bonchev–Trinajstić information content (AvgIpc) is 2.15. The van der Waals surface area contributed by atoms with Crippen LogP contribution in [0, 0.1) is 10.1 Å². The summed E-state index contributed by atoms with van der Waals surface area (Å²) in [5.74, 6) is -0.353. The molecule has 0 atom stereocenters. The lowest BCUT2D eigenvalue weighted by Crippen LogP contribution is -2.44. The first-order chi connectivity index (χ1) is 6.59. The molecule has 2 N–H and O–H groups in total. The number of rotatable bonds is 3. The molecule has 80 valence electrons. The molecular formula is C7H13N3O4. The molecular weight excluding hydrogens is 190 g/mol. The predicted octanol–water partition coefficient (Wildman–Crippen LogP) is -0.856. The summed E-state index contributed by atoms with van der Waals surface area (Å²) in [4.78, 5) is 26.6.